The number of aromatic amines is 1. The van der Waals surface area contributed by atoms with E-state index in [1.807, 2.05) is 17.5 Å². The number of anilines is 1. The molecule has 0 radical (unpaired) electrons. The van der Waals surface area contributed by atoms with Gasteiger partial charge in [-0.1, -0.05) is 17.4 Å². The summed E-state index contributed by atoms with van der Waals surface area (Å²) in [5.74, 6) is 2.05. The number of nitrogens with zero attached hydrogens (tertiary/aromatic N) is 2. The van der Waals surface area contributed by atoms with E-state index in [-0.39, 0.29) is 11.0 Å². The van der Waals surface area contributed by atoms with Gasteiger partial charge >= 0.3 is 0 Å². The van der Waals surface area contributed by atoms with Gasteiger partial charge in [-0.15, -0.1) is 21.5 Å². The molecule has 4 fully saturated rings. The van der Waals surface area contributed by atoms with Crippen molar-refractivity contribution in [2.75, 3.05) is 5.32 Å². The molecule has 0 unspecified atom stereocenters. The molecule has 2 N–H and O–H groups in total. The van der Waals surface area contributed by atoms with Crippen molar-refractivity contribution in [1.82, 2.24) is 15.2 Å². The summed E-state index contributed by atoms with van der Waals surface area (Å²) in [6, 6.07) is 7.20. The Morgan fingerprint density at radius 2 is 1.80 bits per heavy atom. The molecule has 4 saturated carbocycles. The lowest BCUT2D eigenvalue weighted by Gasteiger charge is -2.55. The molecular formula is C22H22N4O2S2. The zero-order chi connectivity index (χ0) is 20.3. The second-order valence-electron chi connectivity index (χ2n) is 9.16. The van der Waals surface area contributed by atoms with Crippen LogP contribution in [-0.4, -0.2) is 21.1 Å². The van der Waals surface area contributed by atoms with Gasteiger partial charge in [0.1, 0.15) is 10.6 Å². The van der Waals surface area contributed by atoms with E-state index in [0.29, 0.717) is 10.8 Å². The number of aromatic nitrogens is 3. The number of carbonyl (C=O) groups excluding carboxylic acids is 1. The van der Waals surface area contributed by atoms with Crippen LogP contribution in [0.4, 0.5) is 5.13 Å². The number of nitrogens with one attached hydrogen (secondary N) is 2. The zero-order valence-corrected chi connectivity index (χ0v) is 18.0. The van der Waals surface area contributed by atoms with E-state index in [1.165, 1.54) is 49.9 Å². The van der Waals surface area contributed by atoms with Crippen LogP contribution in [0, 0.1) is 17.8 Å². The lowest BCUT2D eigenvalue weighted by molar-refractivity contribution is -0.00555. The second-order valence-corrected chi connectivity index (χ2v) is 11.1. The number of carbonyl (C=O) groups is 1. The van der Waals surface area contributed by atoms with E-state index in [1.54, 1.807) is 23.5 Å². The van der Waals surface area contributed by atoms with Gasteiger partial charge in [-0.3, -0.25) is 14.9 Å². The third kappa shape index (κ3) is 3.04. The molecule has 3 aromatic rings. The van der Waals surface area contributed by atoms with Crippen LogP contribution in [0.15, 0.2) is 34.4 Å². The van der Waals surface area contributed by atoms with Gasteiger partial charge in [0, 0.05) is 5.41 Å². The van der Waals surface area contributed by atoms with Gasteiger partial charge < -0.3 is 4.98 Å². The van der Waals surface area contributed by atoms with Gasteiger partial charge in [-0.25, -0.2) is 0 Å². The number of rotatable bonds is 4. The van der Waals surface area contributed by atoms with Crippen LogP contribution in [0.2, 0.25) is 0 Å². The zero-order valence-electron chi connectivity index (χ0n) is 16.4. The van der Waals surface area contributed by atoms with Gasteiger partial charge in [0.05, 0.1) is 10.6 Å². The van der Waals surface area contributed by atoms with Gasteiger partial charge in [-0.05, 0) is 79.9 Å². The molecule has 8 heteroatoms. The molecule has 0 spiro atoms. The van der Waals surface area contributed by atoms with Crippen molar-refractivity contribution in [1.29, 1.82) is 0 Å². The molecule has 4 bridgehead atoms. The number of hydrogen-bond acceptors (Lipinski definition) is 6. The van der Waals surface area contributed by atoms with Crippen molar-refractivity contribution < 1.29 is 4.79 Å². The van der Waals surface area contributed by atoms with E-state index in [4.69, 9.17) is 0 Å². The Kier molecular flexibility index (Phi) is 4.21. The monoisotopic (exact) mass is 438 g/mol. The molecule has 3 heterocycles. The maximum Gasteiger partial charge on any atom is 0.263 e. The summed E-state index contributed by atoms with van der Waals surface area (Å²) in [4.78, 5) is 28.9. The molecule has 3 aromatic heterocycles. The highest BCUT2D eigenvalue weighted by Gasteiger charge is 2.53. The fourth-order valence-corrected chi connectivity index (χ4v) is 7.92. The number of thiophene rings is 1. The Bertz CT molecular complexity index is 1130. The molecular weight excluding hydrogens is 416 g/mol. The summed E-state index contributed by atoms with van der Waals surface area (Å²) in [6.07, 6.45) is 7.78. The summed E-state index contributed by atoms with van der Waals surface area (Å²) in [6.45, 7) is 0. The minimum atomic E-state index is -0.442. The average Bonchev–Trinajstić information content (AvgIpc) is 3.39. The van der Waals surface area contributed by atoms with E-state index in [2.05, 4.69) is 20.5 Å². The molecule has 0 aromatic carbocycles. The molecule has 7 rings (SSSR count). The maximum atomic E-state index is 12.7. The van der Waals surface area contributed by atoms with Gasteiger partial charge in [-0.2, -0.15) is 0 Å². The number of pyridine rings is 1. The van der Waals surface area contributed by atoms with Crippen LogP contribution >= 0.6 is 22.7 Å². The summed E-state index contributed by atoms with van der Waals surface area (Å²) in [5, 5.41) is 15.0. The fraction of sp³-hybridized carbons (Fsp3) is 0.455. The van der Waals surface area contributed by atoms with E-state index in [9.17, 15) is 9.59 Å². The Balaban J connectivity index is 1.21. The maximum absolute atomic E-state index is 12.7. The largest absolute Gasteiger partial charge is 0.321 e. The molecule has 1 amide bonds. The predicted molar refractivity (Wildman–Crippen MR) is 118 cm³/mol. The van der Waals surface area contributed by atoms with Gasteiger partial charge in [0.25, 0.3) is 11.5 Å². The predicted octanol–water partition coefficient (Wildman–Crippen LogP) is 4.68. The summed E-state index contributed by atoms with van der Waals surface area (Å²) in [7, 11) is 0. The molecule has 154 valence electrons. The van der Waals surface area contributed by atoms with Crippen molar-refractivity contribution in [3.8, 4) is 10.6 Å². The van der Waals surface area contributed by atoms with Crippen LogP contribution in [-0.2, 0) is 5.41 Å². The quantitative estimate of drug-likeness (QED) is 0.619. The van der Waals surface area contributed by atoms with Crippen molar-refractivity contribution in [3.05, 3.63) is 50.6 Å². The van der Waals surface area contributed by atoms with Crippen LogP contribution in [0.3, 0.4) is 0 Å². The number of H-pyrrole nitrogens is 1. The standard InChI is InChI=1S/C22H22N4O2S2/c27-18-15(3-4-16(23-18)17-2-1-5-29-17)19(28)24-21-26-25-20(30-21)22-9-12-6-13(10-22)8-14(7-12)11-22/h1-5,12-14H,6-11H2,(H,23,27)(H,24,26,28). The first-order valence-electron chi connectivity index (χ1n) is 10.5. The minimum absolute atomic E-state index is 0.0851. The highest BCUT2D eigenvalue weighted by Crippen LogP contribution is 2.61. The fourth-order valence-electron chi connectivity index (χ4n) is 6.25. The number of hydrogen-bond donors (Lipinski definition) is 2. The van der Waals surface area contributed by atoms with Crippen LogP contribution < -0.4 is 10.9 Å². The Labute approximate surface area is 181 Å². The Hall–Kier alpha value is -2.32. The normalized spacial score (nSPS) is 29.3. The summed E-state index contributed by atoms with van der Waals surface area (Å²) in [5.41, 5.74) is 0.563. The van der Waals surface area contributed by atoms with E-state index in [0.717, 1.165) is 27.6 Å². The smallest absolute Gasteiger partial charge is 0.263 e. The van der Waals surface area contributed by atoms with E-state index < -0.39 is 11.5 Å². The number of amides is 1. The first-order valence-corrected chi connectivity index (χ1v) is 12.2. The van der Waals surface area contributed by atoms with Gasteiger partial charge in [0.2, 0.25) is 5.13 Å². The third-order valence-electron chi connectivity index (χ3n) is 7.08. The Morgan fingerprint density at radius 1 is 1.07 bits per heavy atom. The molecule has 4 aliphatic rings. The summed E-state index contributed by atoms with van der Waals surface area (Å²) >= 11 is 3.03. The topological polar surface area (TPSA) is 87.7 Å². The third-order valence-corrected chi connectivity index (χ3v) is 9.07. The lowest BCUT2D eigenvalue weighted by Crippen LogP contribution is -2.48. The minimum Gasteiger partial charge on any atom is -0.321 e. The van der Waals surface area contributed by atoms with Crippen LogP contribution in [0.5, 0.6) is 0 Å². The molecule has 0 aliphatic heterocycles. The van der Waals surface area contributed by atoms with Crippen molar-refractivity contribution in [3.63, 3.8) is 0 Å². The molecule has 0 saturated heterocycles. The van der Waals surface area contributed by atoms with Crippen LogP contribution in [0.1, 0.15) is 53.9 Å². The van der Waals surface area contributed by atoms with Crippen molar-refractivity contribution in [2.45, 2.75) is 43.9 Å². The highest BCUT2D eigenvalue weighted by atomic mass is 32.1. The highest BCUT2D eigenvalue weighted by molar-refractivity contribution is 7.15. The molecule has 30 heavy (non-hydrogen) atoms. The van der Waals surface area contributed by atoms with Gasteiger partial charge in [0.15, 0.2) is 0 Å². The van der Waals surface area contributed by atoms with Crippen molar-refractivity contribution in [2.24, 2.45) is 17.8 Å². The molecule has 4 aliphatic carbocycles. The SMILES string of the molecule is O=C(Nc1nnc(C23CC4CC(CC(C4)C2)C3)s1)c1ccc(-c2cccs2)[nH]c1=O. The van der Waals surface area contributed by atoms with Crippen molar-refractivity contribution >= 4 is 33.7 Å². The first kappa shape index (κ1) is 18.4. The Morgan fingerprint density at radius 3 is 2.43 bits per heavy atom. The molecule has 6 nitrogen and oxygen atoms in total. The first-order chi connectivity index (χ1) is 14.6. The van der Waals surface area contributed by atoms with Crippen LogP contribution in [0.25, 0.3) is 10.6 Å². The second kappa shape index (κ2) is 6.85. The lowest BCUT2D eigenvalue weighted by atomic mass is 9.50. The average molecular weight is 439 g/mol. The summed E-state index contributed by atoms with van der Waals surface area (Å²) < 4.78 is 0. The molecule has 0 atom stereocenters. The van der Waals surface area contributed by atoms with E-state index >= 15 is 0 Å².